The number of rotatable bonds is 5. The van der Waals surface area contributed by atoms with Crippen molar-refractivity contribution in [1.29, 1.82) is 0 Å². The number of amides is 1. The van der Waals surface area contributed by atoms with E-state index in [1.54, 1.807) is 29.2 Å². The largest absolute Gasteiger partial charge is 0.335 e. The van der Waals surface area contributed by atoms with Crippen LogP contribution in [-0.4, -0.2) is 43.3 Å². The summed E-state index contributed by atoms with van der Waals surface area (Å²) >= 11 is 12.1. The number of carbonyl (C=O) groups is 1. The SMILES string of the molecule is CC(C)CN(C(=O)/C=C/c1cccc(Cl)c1Cl)[C@@H]1CCS(=O)(=O)C1. The standard InChI is InChI=1S/C17H21Cl2NO3S/c1-12(2)10-20(14-8-9-24(22,23)11-14)16(21)7-6-13-4-3-5-15(18)17(13)19/h3-7,12,14H,8-11H2,1-2H3/b7-6+/t14-/m1/s1. The van der Waals surface area contributed by atoms with Crippen molar-refractivity contribution in [3.63, 3.8) is 0 Å². The predicted molar refractivity (Wildman–Crippen MR) is 99.1 cm³/mol. The highest BCUT2D eigenvalue weighted by Crippen LogP contribution is 2.26. The van der Waals surface area contributed by atoms with Crippen LogP contribution in [0, 0.1) is 5.92 Å². The van der Waals surface area contributed by atoms with Gasteiger partial charge in [0.05, 0.1) is 21.6 Å². The summed E-state index contributed by atoms with van der Waals surface area (Å²) in [6, 6.07) is 4.94. The molecule has 0 spiro atoms. The van der Waals surface area contributed by atoms with Gasteiger partial charge in [0.15, 0.2) is 9.84 Å². The highest BCUT2D eigenvalue weighted by Gasteiger charge is 2.34. The zero-order valence-corrected chi connectivity index (χ0v) is 16.0. The topological polar surface area (TPSA) is 54.5 Å². The minimum Gasteiger partial charge on any atom is -0.335 e. The van der Waals surface area contributed by atoms with Crippen LogP contribution >= 0.6 is 23.2 Å². The van der Waals surface area contributed by atoms with E-state index >= 15 is 0 Å². The lowest BCUT2D eigenvalue weighted by atomic mass is 10.1. The van der Waals surface area contributed by atoms with Crippen LogP contribution in [0.2, 0.25) is 10.0 Å². The molecule has 1 aliphatic rings. The van der Waals surface area contributed by atoms with Gasteiger partial charge in [0, 0.05) is 18.7 Å². The van der Waals surface area contributed by atoms with E-state index in [4.69, 9.17) is 23.2 Å². The maximum Gasteiger partial charge on any atom is 0.246 e. The van der Waals surface area contributed by atoms with E-state index in [0.29, 0.717) is 28.6 Å². The summed E-state index contributed by atoms with van der Waals surface area (Å²) in [7, 11) is -3.05. The Kier molecular flexibility index (Phi) is 6.34. The molecule has 1 aliphatic heterocycles. The van der Waals surface area contributed by atoms with Gasteiger partial charge < -0.3 is 4.90 Å². The molecule has 0 N–H and O–H groups in total. The second-order valence-electron chi connectivity index (χ2n) is 6.42. The summed E-state index contributed by atoms with van der Waals surface area (Å²) in [5.41, 5.74) is 0.654. The smallest absolute Gasteiger partial charge is 0.246 e. The predicted octanol–water partition coefficient (Wildman–Crippen LogP) is 3.68. The van der Waals surface area contributed by atoms with Crippen molar-refractivity contribution in [2.75, 3.05) is 18.1 Å². The molecule has 1 heterocycles. The van der Waals surface area contributed by atoms with Gasteiger partial charge in [0.1, 0.15) is 0 Å². The number of benzene rings is 1. The van der Waals surface area contributed by atoms with E-state index in [1.165, 1.54) is 6.08 Å². The molecular weight excluding hydrogens is 369 g/mol. The molecule has 2 rings (SSSR count). The third kappa shape index (κ3) is 4.98. The number of hydrogen-bond donors (Lipinski definition) is 0. The number of sulfone groups is 1. The van der Waals surface area contributed by atoms with Crippen molar-refractivity contribution in [1.82, 2.24) is 4.90 Å². The lowest BCUT2D eigenvalue weighted by Crippen LogP contribution is -2.42. The Morgan fingerprint density at radius 3 is 2.67 bits per heavy atom. The van der Waals surface area contributed by atoms with E-state index < -0.39 is 9.84 Å². The summed E-state index contributed by atoms with van der Waals surface area (Å²) in [5, 5.41) is 0.814. The fourth-order valence-electron chi connectivity index (χ4n) is 2.74. The Balaban J connectivity index is 2.19. The molecule has 0 aliphatic carbocycles. The Hall–Kier alpha value is -1.04. The molecule has 1 atom stereocenters. The van der Waals surface area contributed by atoms with Crippen LogP contribution in [0.4, 0.5) is 0 Å². The van der Waals surface area contributed by atoms with Crippen LogP contribution in [0.3, 0.4) is 0 Å². The molecule has 0 bridgehead atoms. The van der Waals surface area contributed by atoms with E-state index in [2.05, 4.69) is 0 Å². The molecular formula is C17H21Cl2NO3S. The fourth-order valence-corrected chi connectivity index (χ4v) is 4.84. The van der Waals surface area contributed by atoms with Crippen molar-refractivity contribution >= 4 is 45.0 Å². The van der Waals surface area contributed by atoms with Gasteiger partial charge in [0.25, 0.3) is 0 Å². The molecule has 0 aromatic heterocycles. The Labute approximate surface area is 153 Å². The zero-order chi connectivity index (χ0) is 17.9. The average Bonchev–Trinajstić information content (AvgIpc) is 2.85. The minimum absolute atomic E-state index is 0.0389. The van der Waals surface area contributed by atoms with Crippen LogP contribution in [0.25, 0.3) is 6.08 Å². The summed E-state index contributed by atoms with van der Waals surface area (Å²) in [6.45, 7) is 4.52. The van der Waals surface area contributed by atoms with Crippen molar-refractivity contribution in [2.45, 2.75) is 26.3 Å². The van der Waals surface area contributed by atoms with Gasteiger partial charge in [-0.3, -0.25) is 4.79 Å². The second kappa shape index (κ2) is 7.89. The zero-order valence-electron chi connectivity index (χ0n) is 13.7. The van der Waals surface area contributed by atoms with Crippen LogP contribution in [0.1, 0.15) is 25.8 Å². The Morgan fingerprint density at radius 2 is 2.08 bits per heavy atom. The molecule has 0 unspecified atom stereocenters. The van der Waals surface area contributed by atoms with E-state index in [-0.39, 0.29) is 29.4 Å². The van der Waals surface area contributed by atoms with Gasteiger partial charge in [0.2, 0.25) is 5.91 Å². The molecule has 7 heteroatoms. The highest BCUT2D eigenvalue weighted by atomic mass is 35.5. The monoisotopic (exact) mass is 389 g/mol. The first kappa shape index (κ1) is 19.3. The van der Waals surface area contributed by atoms with Crippen LogP contribution in [0.15, 0.2) is 24.3 Å². The van der Waals surface area contributed by atoms with Gasteiger partial charge >= 0.3 is 0 Å². The first-order chi connectivity index (χ1) is 11.2. The van der Waals surface area contributed by atoms with E-state index in [0.717, 1.165) is 0 Å². The van der Waals surface area contributed by atoms with Gasteiger partial charge in [-0.05, 0) is 30.0 Å². The molecule has 132 valence electrons. The normalized spacial score (nSPS) is 20.0. The molecule has 0 radical (unpaired) electrons. The molecule has 0 saturated carbocycles. The summed E-state index contributed by atoms with van der Waals surface area (Å²) in [4.78, 5) is 14.3. The average molecular weight is 390 g/mol. The first-order valence-corrected chi connectivity index (χ1v) is 10.4. The minimum atomic E-state index is -3.05. The lowest BCUT2D eigenvalue weighted by molar-refractivity contribution is -0.128. The summed E-state index contributed by atoms with van der Waals surface area (Å²) in [6.07, 6.45) is 3.55. The first-order valence-electron chi connectivity index (χ1n) is 7.82. The van der Waals surface area contributed by atoms with Gasteiger partial charge in [-0.25, -0.2) is 8.42 Å². The molecule has 4 nitrogen and oxygen atoms in total. The van der Waals surface area contributed by atoms with E-state index in [1.807, 2.05) is 13.8 Å². The van der Waals surface area contributed by atoms with Crippen molar-refractivity contribution in [3.05, 3.63) is 39.9 Å². The molecule has 1 amide bonds. The van der Waals surface area contributed by atoms with Crippen molar-refractivity contribution < 1.29 is 13.2 Å². The lowest BCUT2D eigenvalue weighted by Gasteiger charge is -2.28. The Bertz CT molecular complexity index is 744. The maximum atomic E-state index is 12.6. The molecule has 1 aromatic rings. The molecule has 1 saturated heterocycles. The van der Waals surface area contributed by atoms with Crippen LogP contribution < -0.4 is 0 Å². The van der Waals surface area contributed by atoms with Crippen LogP contribution in [0.5, 0.6) is 0 Å². The second-order valence-corrected chi connectivity index (χ2v) is 9.43. The summed E-state index contributed by atoms with van der Waals surface area (Å²) < 4.78 is 23.5. The van der Waals surface area contributed by atoms with Crippen molar-refractivity contribution in [2.24, 2.45) is 5.92 Å². The summed E-state index contributed by atoms with van der Waals surface area (Å²) in [5.74, 6) is 0.225. The van der Waals surface area contributed by atoms with Gasteiger partial charge in [-0.1, -0.05) is 49.2 Å². The molecule has 1 fully saturated rings. The molecule has 24 heavy (non-hydrogen) atoms. The quantitative estimate of drug-likeness (QED) is 0.721. The van der Waals surface area contributed by atoms with Crippen molar-refractivity contribution in [3.8, 4) is 0 Å². The number of carbonyl (C=O) groups excluding carboxylic acids is 1. The van der Waals surface area contributed by atoms with Crippen LogP contribution in [-0.2, 0) is 14.6 Å². The highest BCUT2D eigenvalue weighted by molar-refractivity contribution is 7.91. The number of halogens is 2. The van der Waals surface area contributed by atoms with Gasteiger partial charge in [-0.15, -0.1) is 0 Å². The fraction of sp³-hybridized carbons (Fsp3) is 0.471. The number of nitrogens with zero attached hydrogens (tertiary/aromatic N) is 1. The third-order valence-corrected chi connectivity index (χ3v) is 6.46. The maximum absolute atomic E-state index is 12.6. The van der Waals surface area contributed by atoms with E-state index in [9.17, 15) is 13.2 Å². The third-order valence-electron chi connectivity index (χ3n) is 3.88. The molecule has 1 aromatic carbocycles. The Morgan fingerprint density at radius 1 is 1.38 bits per heavy atom. The number of hydrogen-bond acceptors (Lipinski definition) is 3. The van der Waals surface area contributed by atoms with Gasteiger partial charge in [-0.2, -0.15) is 0 Å².